The molecule has 68 valence electrons. The quantitative estimate of drug-likeness (QED) is 0.588. The molecular weight excluding hydrogens is 172 g/mol. The Balaban J connectivity index is 2.05. The Labute approximate surface area is 76.9 Å². The van der Waals surface area contributed by atoms with Crippen molar-refractivity contribution >= 4 is 16.9 Å². The zero-order valence-corrected chi connectivity index (χ0v) is 8.12. The first kappa shape index (κ1) is 8.53. The zero-order chi connectivity index (χ0) is 8.60. The Morgan fingerprint density at radius 2 is 2.50 bits per heavy atom. The predicted molar refractivity (Wildman–Crippen MR) is 50.1 cm³/mol. The molecule has 2 saturated heterocycles. The smallest absolute Gasteiger partial charge is 0.204 e. The van der Waals surface area contributed by atoms with E-state index >= 15 is 0 Å². The van der Waals surface area contributed by atoms with Gasteiger partial charge in [0.05, 0.1) is 11.4 Å². The number of likely N-dealkylation sites (tertiary alicyclic amines) is 1. The van der Waals surface area contributed by atoms with Gasteiger partial charge in [-0.1, -0.05) is 11.8 Å². The maximum Gasteiger partial charge on any atom is 0.204 e. The maximum atomic E-state index is 11.1. The molecule has 0 amide bonds. The van der Waals surface area contributed by atoms with Gasteiger partial charge in [0.2, 0.25) is 5.12 Å². The number of rotatable bonds is 0. The summed E-state index contributed by atoms with van der Waals surface area (Å²) in [4.78, 5) is 13.5. The van der Waals surface area contributed by atoms with Crippen LogP contribution in [-0.4, -0.2) is 41.6 Å². The summed E-state index contributed by atoms with van der Waals surface area (Å²) in [7, 11) is 2.12. The summed E-state index contributed by atoms with van der Waals surface area (Å²) in [6.45, 7) is 2.72. The number of nitrogens with zero attached hydrogens (tertiary/aromatic N) is 1. The lowest BCUT2D eigenvalue weighted by Gasteiger charge is -2.37. The Morgan fingerprint density at radius 1 is 1.67 bits per heavy atom. The van der Waals surface area contributed by atoms with Gasteiger partial charge in [0.25, 0.3) is 0 Å². The van der Waals surface area contributed by atoms with E-state index in [-0.39, 0.29) is 4.87 Å². The molecule has 0 aromatic carbocycles. The summed E-state index contributed by atoms with van der Waals surface area (Å²) in [5.74, 6) is 0. The molecule has 2 aliphatic rings. The van der Waals surface area contributed by atoms with Gasteiger partial charge in [-0.2, -0.15) is 0 Å². The molecular formula is C8H14N2OS. The second-order valence-corrected chi connectivity index (χ2v) is 5.10. The molecule has 0 bridgehead atoms. The lowest BCUT2D eigenvalue weighted by atomic mass is 10.1. The molecule has 0 radical (unpaired) electrons. The third-order valence-corrected chi connectivity index (χ3v) is 3.75. The SMILES string of the molecule is CN1CCCC2(C1)NCC(=O)S2. The highest BCUT2D eigenvalue weighted by molar-refractivity contribution is 8.15. The van der Waals surface area contributed by atoms with Crippen LogP contribution < -0.4 is 5.32 Å². The van der Waals surface area contributed by atoms with Crippen LogP contribution in [0.3, 0.4) is 0 Å². The topological polar surface area (TPSA) is 32.3 Å². The molecule has 2 heterocycles. The zero-order valence-electron chi connectivity index (χ0n) is 7.30. The van der Waals surface area contributed by atoms with Crippen molar-refractivity contribution in [1.82, 2.24) is 10.2 Å². The summed E-state index contributed by atoms with van der Waals surface area (Å²) in [5.41, 5.74) is 0. The molecule has 1 atom stereocenters. The van der Waals surface area contributed by atoms with Gasteiger partial charge in [0, 0.05) is 6.54 Å². The van der Waals surface area contributed by atoms with E-state index in [9.17, 15) is 4.79 Å². The lowest BCUT2D eigenvalue weighted by molar-refractivity contribution is -0.109. The number of hydrogen-bond acceptors (Lipinski definition) is 4. The lowest BCUT2D eigenvalue weighted by Crippen LogP contribution is -2.50. The summed E-state index contributed by atoms with van der Waals surface area (Å²) in [6.07, 6.45) is 2.33. The Morgan fingerprint density at radius 3 is 3.08 bits per heavy atom. The van der Waals surface area contributed by atoms with E-state index in [2.05, 4.69) is 17.3 Å². The molecule has 3 nitrogen and oxygen atoms in total. The highest BCUT2D eigenvalue weighted by Gasteiger charge is 2.41. The van der Waals surface area contributed by atoms with E-state index in [4.69, 9.17) is 0 Å². The van der Waals surface area contributed by atoms with Crippen molar-refractivity contribution in [3.63, 3.8) is 0 Å². The van der Waals surface area contributed by atoms with Gasteiger partial charge in [-0.05, 0) is 26.4 Å². The molecule has 0 saturated carbocycles. The summed E-state index contributed by atoms with van der Waals surface area (Å²) < 4.78 is 0. The van der Waals surface area contributed by atoms with Gasteiger partial charge in [0.15, 0.2) is 0 Å². The number of piperidine rings is 1. The van der Waals surface area contributed by atoms with E-state index in [1.165, 1.54) is 18.2 Å². The Kier molecular flexibility index (Phi) is 2.14. The first-order chi connectivity index (χ1) is 5.70. The molecule has 1 spiro atoms. The second kappa shape index (κ2) is 3.01. The molecule has 0 aromatic rings. The van der Waals surface area contributed by atoms with Gasteiger partial charge >= 0.3 is 0 Å². The van der Waals surface area contributed by atoms with Crippen molar-refractivity contribution in [3.05, 3.63) is 0 Å². The minimum absolute atomic E-state index is 0.0596. The van der Waals surface area contributed by atoms with E-state index in [0.29, 0.717) is 11.7 Å². The summed E-state index contributed by atoms with van der Waals surface area (Å²) in [5, 5.41) is 3.62. The van der Waals surface area contributed by atoms with Crippen LogP contribution in [0.15, 0.2) is 0 Å². The van der Waals surface area contributed by atoms with Gasteiger partial charge in [-0.25, -0.2) is 0 Å². The molecule has 4 heteroatoms. The highest BCUT2D eigenvalue weighted by Crippen LogP contribution is 2.35. The van der Waals surface area contributed by atoms with E-state index in [1.807, 2.05) is 0 Å². The first-order valence-electron chi connectivity index (χ1n) is 4.36. The van der Waals surface area contributed by atoms with Crippen molar-refractivity contribution in [2.75, 3.05) is 26.7 Å². The Hall–Kier alpha value is -0.0600. The average Bonchev–Trinajstić information content (AvgIpc) is 2.32. The molecule has 0 aromatic heterocycles. The van der Waals surface area contributed by atoms with Crippen LogP contribution in [0.2, 0.25) is 0 Å². The number of nitrogens with one attached hydrogen (secondary N) is 1. The van der Waals surface area contributed by atoms with Gasteiger partial charge in [0.1, 0.15) is 0 Å². The average molecular weight is 186 g/mol. The number of thioether (sulfide) groups is 1. The molecule has 1 unspecified atom stereocenters. The Bertz CT molecular complexity index is 209. The van der Waals surface area contributed by atoms with Crippen LogP contribution >= 0.6 is 11.8 Å². The van der Waals surface area contributed by atoms with Crippen LogP contribution in [0.4, 0.5) is 0 Å². The van der Waals surface area contributed by atoms with E-state index in [0.717, 1.165) is 19.5 Å². The molecule has 2 aliphatic heterocycles. The first-order valence-corrected chi connectivity index (χ1v) is 5.17. The standard InChI is InChI=1S/C8H14N2OS/c1-10-4-2-3-8(6-10)9-5-7(11)12-8/h9H,2-6H2,1H3. The van der Waals surface area contributed by atoms with Gasteiger partial charge < -0.3 is 4.90 Å². The van der Waals surface area contributed by atoms with Gasteiger partial charge in [-0.15, -0.1) is 0 Å². The predicted octanol–water partition coefficient (Wildman–Crippen LogP) is 0.271. The molecule has 2 rings (SSSR count). The fraction of sp³-hybridized carbons (Fsp3) is 0.875. The normalized spacial score (nSPS) is 37.9. The van der Waals surface area contributed by atoms with Crippen molar-refractivity contribution < 1.29 is 4.79 Å². The van der Waals surface area contributed by atoms with Crippen LogP contribution in [0.25, 0.3) is 0 Å². The third-order valence-electron chi connectivity index (χ3n) is 2.51. The number of likely N-dealkylation sites (N-methyl/N-ethyl adjacent to an activating group) is 1. The fourth-order valence-electron chi connectivity index (χ4n) is 1.98. The summed E-state index contributed by atoms with van der Waals surface area (Å²) in [6, 6.07) is 0. The minimum Gasteiger partial charge on any atom is -0.304 e. The van der Waals surface area contributed by atoms with Crippen molar-refractivity contribution in [2.24, 2.45) is 0 Å². The van der Waals surface area contributed by atoms with Crippen LogP contribution in [0.5, 0.6) is 0 Å². The fourth-order valence-corrected chi connectivity index (χ4v) is 3.24. The van der Waals surface area contributed by atoms with Crippen molar-refractivity contribution in [1.29, 1.82) is 0 Å². The van der Waals surface area contributed by atoms with Crippen LogP contribution in [-0.2, 0) is 4.79 Å². The minimum atomic E-state index is 0.0596. The highest BCUT2D eigenvalue weighted by atomic mass is 32.2. The third kappa shape index (κ3) is 1.51. The number of carbonyl (C=O) groups excluding carboxylic acids is 1. The molecule has 2 fully saturated rings. The van der Waals surface area contributed by atoms with Crippen LogP contribution in [0.1, 0.15) is 12.8 Å². The number of hydrogen-bond donors (Lipinski definition) is 1. The molecule has 1 N–H and O–H groups in total. The second-order valence-electron chi connectivity index (χ2n) is 3.66. The maximum absolute atomic E-state index is 11.1. The molecule has 12 heavy (non-hydrogen) atoms. The largest absolute Gasteiger partial charge is 0.304 e. The number of carbonyl (C=O) groups is 1. The van der Waals surface area contributed by atoms with Crippen molar-refractivity contribution in [3.8, 4) is 0 Å². The van der Waals surface area contributed by atoms with Gasteiger partial charge in [-0.3, -0.25) is 10.1 Å². The summed E-state index contributed by atoms with van der Waals surface area (Å²) >= 11 is 1.50. The van der Waals surface area contributed by atoms with Crippen molar-refractivity contribution in [2.45, 2.75) is 17.7 Å². The molecule has 0 aliphatic carbocycles. The monoisotopic (exact) mass is 186 g/mol. The van der Waals surface area contributed by atoms with E-state index in [1.54, 1.807) is 0 Å². The van der Waals surface area contributed by atoms with E-state index < -0.39 is 0 Å². The van der Waals surface area contributed by atoms with Crippen LogP contribution in [0, 0.1) is 0 Å².